The summed E-state index contributed by atoms with van der Waals surface area (Å²) in [4.78, 5) is 17.6. The van der Waals surface area contributed by atoms with Crippen molar-refractivity contribution in [1.29, 1.82) is 0 Å². The number of hydrogen-bond acceptors (Lipinski definition) is 8. The lowest BCUT2D eigenvalue weighted by atomic mass is 9.99. The summed E-state index contributed by atoms with van der Waals surface area (Å²) in [5.41, 5.74) is 1.54. The van der Waals surface area contributed by atoms with E-state index < -0.39 is 16.1 Å². The maximum Gasteiger partial charge on any atom is 0.261 e. The van der Waals surface area contributed by atoms with Crippen LogP contribution in [0.4, 0.5) is 5.69 Å². The minimum Gasteiger partial charge on any atom is -0.488 e. The number of hydrogen-bond donors (Lipinski definition) is 2. The molecule has 3 atom stereocenters. The summed E-state index contributed by atoms with van der Waals surface area (Å²) in [6, 6.07) is 18.2. The van der Waals surface area contributed by atoms with E-state index >= 15 is 0 Å². The maximum absolute atomic E-state index is 13.7. The van der Waals surface area contributed by atoms with E-state index in [9.17, 15) is 18.3 Å². The number of aliphatic hydroxyl groups excluding tert-OH is 1. The molecule has 41 heavy (non-hydrogen) atoms. The molecule has 2 aliphatic heterocycles. The van der Waals surface area contributed by atoms with Gasteiger partial charge in [-0.1, -0.05) is 31.2 Å². The molecule has 0 unspecified atom stereocenters. The van der Waals surface area contributed by atoms with E-state index in [4.69, 9.17) is 14.2 Å². The quantitative estimate of drug-likeness (QED) is 0.394. The molecule has 0 saturated heterocycles. The van der Waals surface area contributed by atoms with Gasteiger partial charge in [-0.15, -0.1) is 0 Å². The van der Waals surface area contributed by atoms with Crippen molar-refractivity contribution in [2.24, 2.45) is 5.92 Å². The molecule has 5 rings (SSSR count). The predicted octanol–water partition coefficient (Wildman–Crippen LogP) is 3.57. The molecule has 3 aromatic rings. The summed E-state index contributed by atoms with van der Waals surface area (Å²) in [6.07, 6.45) is -0.291. The van der Waals surface area contributed by atoms with Crippen LogP contribution in [0.5, 0.6) is 17.2 Å². The van der Waals surface area contributed by atoms with E-state index in [-0.39, 0.29) is 47.5 Å². The first-order valence-electron chi connectivity index (χ1n) is 13.5. The number of carbonyl (C=O) groups excluding carboxylic acids is 1. The number of carbonyl (C=O) groups is 1. The van der Waals surface area contributed by atoms with Gasteiger partial charge < -0.3 is 24.2 Å². The number of amides is 1. The van der Waals surface area contributed by atoms with Gasteiger partial charge in [0.25, 0.3) is 15.9 Å². The topological polar surface area (TPSA) is 118 Å². The summed E-state index contributed by atoms with van der Waals surface area (Å²) < 4.78 is 45.8. The van der Waals surface area contributed by atoms with Crippen molar-refractivity contribution in [1.82, 2.24) is 9.80 Å². The Morgan fingerprint density at radius 1 is 1.05 bits per heavy atom. The van der Waals surface area contributed by atoms with E-state index in [0.717, 1.165) is 17.1 Å². The first kappa shape index (κ1) is 28.7. The van der Waals surface area contributed by atoms with Gasteiger partial charge in [0.15, 0.2) is 11.5 Å². The Balaban J connectivity index is 1.40. The monoisotopic (exact) mass is 581 g/mol. The van der Waals surface area contributed by atoms with Crippen molar-refractivity contribution in [2.75, 3.05) is 38.3 Å². The van der Waals surface area contributed by atoms with E-state index in [1.54, 1.807) is 42.2 Å². The average Bonchev–Trinajstić information content (AvgIpc) is 3.43. The molecule has 2 N–H and O–H groups in total. The van der Waals surface area contributed by atoms with Crippen LogP contribution in [0, 0.1) is 5.92 Å². The van der Waals surface area contributed by atoms with Crippen LogP contribution < -0.4 is 18.9 Å². The number of ether oxygens (including phenoxy) is 3. The Labute approximate surface area is 240 Å². The number of nitrogens with zero attached hydrogens (tertiary/aromatic N) is 2. The zero-order valence-corrected chi connectivity index (χ0v) is 24.1. The van der Waals surface area contributed by atoms with Crippen molar-refractivity contribution in [3.63, 3.8) is 0 Å². The van der Waals surface area contributed by atoms with Gasteiger partial charge in [-0.05, 0) is 62.0 Å². The Hall–Kier alpha value is -3.80. The Kier molecular flexibility index (Phi) is 8.39. The van der Waals surface area contributed by atoms with Gasteiger partial charge in [-0.2, -0.15) is 0 Å². The standard InChI is InChI=1S/C30H35N3O7S/c1-20-15-33(21(2)18-34)30(35)25-14-23(31-41(36,37)24-7-5-4-6-8-24)10-12-26(25)40-29(20)17-32(3)16-22-9-11-27-28(13-22)39-19-38-27/h4-14,20-21,29,31,34H,15-19H2,1-3H3/t20-,21-,29+/m1/s1. The van der Waals surface area contributed by atoms with Gasteiger partial charge in [0.2, 0.25) is 6.79 Å². The van der Waals surface area contributed by atoms with Crippen molar-refractivity contribution in [2.45, 2.75) is 37.4 Å². The molecule has 0 aromatic heterocycles. The third-order valence-electron chi connectivity index (χ3n) is 7.35. The zero-order chi connectivity index (χ0) is 29.1. The first-order valence-corrected chi connectivity index (χ1v) is 15.0. The number of rotatable bonds is 9. The van der Waals surface area contributed by atoms with Gasteiger partial charge in [-0.3, -0.25) is 14.4 Å². The number of benzene rings is 3. The minimum atomic E-state index is -3.86. The van der Waals surface area contributed by atoms with Crippen LogP contribution in [0.1, 0.15) is 29.8 Å². The van der Waals surface area contributed by atoms with Crippen LogP contribution in [0.3, 0.4) is 0 Å². The molecule has 1 amide bonds. The number of aliphatic hydroxyl groups is 1. The molecular formula is C30H35N3O7S. The molecule has 0 saturated carbocycles. The first-order chi connectivity index (χ1) is 19.6. The Bertz CT molecular complexity index is 1500. The highest BCUT2D eigenvalue weighted by atomic mass is 32.2. The van der Waals surface area contributed by atoms with Gasteiger partial charge in [-0.25, -0.2) is 8.42 Å². The van der Waals surface area contributed by atoms with E-state index in [1.807, 2.05) is 32.2 Å². The highest BCUT2D eigenvalue weighted by Gasteiger charge is 2.34. The van der Waals surface area contributed by atoms with Gasteiger partial charge in [0, 0.05) is 31.2 Å². The average molecular weight is 582 g/mol. The summed E-state index contributed by atoms with van der Waals surface area (Å²) in [6.45, 7) is 5.40. The second kappa shape index (κ2) is 12.0. The molecule has 2 aliphatic rings. The largest absolute Gasteiger partial charge is 0.488 e. The molecule has 218 valence electrons. The lowest BCUT2D eigenvalue weighted by Crippen LogP contribution is -2.49. The Morgan fingerprint density at radius 3 is 2.54 bits per heavy atom. The number of sulfonamides is 1. The summed E-state index contributed by atoms with van der Waals surface area (Å²) in [5, 5.41) is 9.93. The van der Waals surface area contributed by atoms with E-state index in [0.29, 0.717) is 25.4 Å². The molecule has 0 fully saturated rings. The normalized spacial score (nSPS) is 19.2. The minimum absolute atomic E-state index is 0.0587. The third-order valence-corrected chi connectivity index (χ3v) is 8.75. The second-order valence-corrected chi connectivity index (χ2v) is 12.3. The Morgan fingerprint density at radius 2 is 1.78 bits per heavy atom. The SMILES string of the molecule is C[C@@H]1CN([C@H](C)CO)C(=O)c2cc(NS(=O)(=O)c3ccccc3)ccc2O[C@H]1CN(C)Cc1ccc2c(c1)OCO2. The third kappa shape index (κ3) is 6.42. The lowest BCUT2D eigenvalue weighted by Gasteiger charge is -2.38. The fourth-order valence-electron chi connectivity index (χ4n) is 5.04. The highest BCUT2D eigenvalue weighted by Crippen LogP contribution is 2.34. The molecule has 2 heterocycles. The summed E-state index contributed by atoms with van der Waals surface area (Å²) in [5.74, 6) is 1.43. The van der Waals surface area contributed by atoms with Gasteiger partial charge in [0.05, 0.1) is 23.1 Å². The van der Waals surface area contributed by atoms with E-state index in [2.05, 4.69) is 9.62 Å². The summed E-state index contributed by atoms with van der Waals surface area (Å²) in [7, 11) is -1.86. The molecule has 0 bridgehead atoms. The second-order valence-electron chi connectivity index (χ2n) is 10.6. The fraction of sp³-hybridized carbons (Fsp3) is 0.367. The number of likely N-dealkylation sites (N-methyl/N-ethyl adjacent to an activating group) is 1. The molecule has 11 heteroatoms. The molecule has 0 aliphatic carbocycles. The highest BCUT2D eigenvalue weighted by molar-refractivity contribution is 7.92. The van der Waals surface area contributed by atoms with Crippen molar-refractivity contribution < 1.29 is 32.5 Å². The van der Waals surface area contributed by atoms with Crippen molar-refractivity contribution in [3.05, 3.63) is 77.9 Å². The van der Waals surface area contributed by atoms with Crippen LogP contribution in [-0.4, -0.2) is 74.9 Å². The summed E-state index contributed by atoms with van der Waals surface area (Å²) >= 11 is 0. The number of anilines is 1. The van der Waals surface area contributed by atoms with Crippen LogP contribution in [0.2, 0.25) is 0 Å². The number of fused-ring (bicyclic) bond motifs is 2. The predicted molar refractivity (Wildman–Crippen MR) is 154 cm³/mol. The molecular weight excluding hydrogens is 546 g/mol. The van der Waals surface area contributed by atoms with Crippen LogP contribution in [-0.2, 0) is 16.6 Å². The van der Waals surface area contributed by atoms with Crippen molar-refractivity contribution in [3.8, 4) is 17.2 Å². The van der Waals surface area contributed by atoms with Crippen LogP contribution in [0.25, 0.3) is 0 Å². The van der Waals surface area contributed by atoms with Gasteiger partial charge in [0.1, 0.15) is 11.9 Å². The smallest absolute Gasteiger partial charge is 0.261 e. The fourth-order valence-corrected chi connectivity index (χ4v) is 6.11. The molecule has 0 spiro atoms. The molecule has 0 radical (unpaired) electrons. The lowest BCUT2D eigenvalue weighted by molar-refractivity contribution is 0.0341. The zero-order valence-electron chi connectivity index (χ0n) is 23.3. The van der Waals surface area contributed by atoms with Crippen LogP contribution >= 0.6 is 0 Å². The van der Waals surface area contributed by atoms with Gasteiger partial charge >= 0.3 is 0 Å². The van der Waals surface area contributed by atoms with E-state index in [1.165, 1.54) is 18.2 Å². The maximum atomic E-state index is 13.7. The number of nitrogens with one attached hydrogen (secondary N) is 1. The van der Waals surface area contributed by atoms with Crippen molar-refractivity contribution >= 4 is 21.6 Å². The molecule has 3 aromatic carbocycles. The molecule has 10 nitrogen and oxygen atoms in total. The van der Waals surface area contributed by atoms with Crippen LogP contribution in [0.15, 0.2) is 71.6 Å².